The molecule has 3 unspecified atom stereocenters. The first-order valence-corrected chi connectivity index (χ1v) is 7.60. The lowest BCUT2D eigenvalue weighted by molar-refractivity contribution is -0.124. The van der Waals surface area contributed by atoms with Gasteiger partial charge in [-0.3, -0.25) is 4.79 Å². The summed E-state index contributed by atoms with van der Waals surface area (Å²) in [6, 6.07) is 10.0. The Kier molecular flexibility index (Phi) is 7.31. The Hall–Kier alpha value is -1.35. The first kappa shape index (κ1) is 16.7. The molecule has 0 radical (unpaired) electrons. The zero-order valence-corrected chi connectivity index (χ0v) is 12.8. The summed E-state index contributed by atoms with van der Waals surface area (Å²) in [5.74, 6) is 0.254. The highest BCUT2D eigenvalue weighted by Gasteiger charge is 2.26. The van der Waals surface area contributed by atoms with E-state index in [0.717, 1.165) is 18.4 Å². The highest BCUT2D eigenvalue weighted by molar-refractivity contribution is 5.84. The first-order valence-electron chi connectivity index (χ1n) is 7.60. The SMILES string of the molecule is CCC(CCO)NC(=O)C(c1ccccc1)C(C)CC. The number of aliphatic hydroxyl groups excluding tert-OH is 1. The molecule has 1 amide bonds. The smallest absolute Gasteiger partial charge is 0.228 e. The van der Waals surface area contributed by atoms with Crippen molar-refractivity contribution < 1.29 is 9.90 Å². The number of aliphatic hydroxyl groups is 1. The van der Waals surface area contributed by atoms with E-state index in [0.29, 0.717) is 12.3 Å². The molecule has 0 heterocycles. The molecule has 0 bridgehead atoms. The van der Waals surface area contributed by atoms with Crippen LogP contribution in [0.3, 0.4) is 0 Å². The largest absolute Gasteiger partial charge is 0.396 e. The van der Waals surface area contributed by atoms with E-state index < -0.39 is 0 Å². The summed E-state index contributed by atoms with van der Waals surface area (Å²) >= 11 is 0. The Morgan fingerprint density at radius 3 is 2.35 bits per heavy atom. The van der Waals surface area contributed by atoms with E-state index in [4.69, 9.17) is 5.11 Å². The molecule has 0 aliphatic rings. The minimum atomic E-state index is -0.117. The summed E-state index contributed by atoms with van der Waals surface area (Å²) in [6.45, 7) is 6.36. The highest BCUT2D eigenvalue weighted by Crippen LogP contribution is 2.27. The van der Waals surface area contributed by atoms with Crippen LogP contribution in [0.15, 0.2) is 30.3 Å². The molecule has 3 heteroatoms. The first-order chi connectivity index (χ1) is 9.63. The van der Waals surface area contributed by atoms with Crippen molar-refractivity contribution >= 4 is 5.91 Å². The lowest BCUT2D eigenvalue weighted by atomic mass is 9.84. The molecule has 1 aromatic carbocycles. The molecule has 3 nitrogen and oxygen atoms in total. The Bertz CT molecular complexity index is 391. The molecule has 3 atom stereocenters. The third-order valence-corrected chi connectivity index (χ3v) is 3.97. The second kappa shape index (κ2) is 8.75. The predicted octanol–water partition coefficient (Wildman–Crippen LogP) is 3.09. The zero-order chi connectivity index (χ0) is 15.0. The van der Waals surface area contributed by atoms with Crippen LogP contribution in [0.25, 0.3) is 0 Å². The van der Waals surface area contributed by atoms with Crippen LogP contribution in [0.1, 0.15) is 51.5 Å². The summed E-state index contributed by atoms with van der Waals surface area (Å²) in [5, 5.41) is 12.1. The van der Waals surface area contributed by atoms with E-state index in [1.54, 1.807) is 0 Å². The van der Waals surface area contributed by atoms with Crippen LogP contribution in [0.4, 0.5) is 0 Å². The van der Waals surface area contributed by atoms with Crippen molar-refractivity contribution in [3.05, 3.63) is 35.9 Å². The lowest BCUT2D eigenvalue weighted by Crippen LogP contribution is -2.40. The number of carbonyl (C=O) groups is 1. The van der Waals surface area contributed by atoms with Crippen LogP contribution >= 0.6 is 0 Å². The molecular formula is C17H27NO2. The molecule has 0 saturated carbocycles. The maximum Gasteiger partial charge on any atom is 0.228 e. The van der Waals surface area contributed by atoms with Crippen molar-refractivity contribution in [3.63, 3.8) is 0 Å². The fourth-order valence-corrected chi connectivity index (χ4v) is 2.46. The van der Waals surface area contributed by atoms with Gasteiger partial charge in [0.15, 0.2) is 0 Å². The Morgan fingerprint density at radius 2 is 1.85 bits per heavy atom. The number of hydrogen-bond acceptors (Lipinski definition) is 2. The molecule has 1 rings (SSSR count). The summed E-state index contributed by atoms with van der Waals surface area (Å²) < 4.78 is 0. The van der Waals surface area contributed by atoms with E-state index >= 15 is 0 Å². The number of amides is 1. The maximum absolute atomic E-state index is 12.6. The molecular weight excluding hydrogens is 250 g/mol. The van der Waals surface area contributed by atoms with Gasteiger partial charge in [0.25, 0.3) is 0 Å². The van der Waals surface area contributed by atoms with Crippen molar-refractivity contribution in [2.45, 2.75) is 52.0 Å². The summed E-state index contributed by atoms with van der Waals surface area (Å²) in [7, 11) is 0. The predicted molar refractivity (Wildman–Crippen MR) is 82.6 cm³/mol. The molecule has 0 aliphatic heterocycles. The third kappa shape index (κ3) is 4.64. The van der Waals surface area contributed by atoms with E-state index in [1.165, 1.54) is 0 Å². The van der Waals surface area contributed by atoms with Crippen LogP contribution in [-0.2, 0) is 4.79 Å². The normalized spacial score (nSPS) is 15.4. The average molecular weight is 277 g/mol. The number of benzene rings is 1. The van der Waals surface area contributed by atoms with Crippen molar-refractivity contribution in [1.29, 1.82) is 0 Å². The fraction of sp³-hybridized carbons (Fsp3) is 0.588. The number of carbonyl (C=O) groups excluding carboxylic acids is 1. The van der Waals surface area contributed by atoms with Gasteiger partial charge in [0.05, 0.1) is 5.92 Å². The van der Waals surface area contributed by atoms with Gasteiger partial charge in [0.1, 0.15) is 0 Å². The van der Waals surface area contributed by atoms with Gasteiger partial charge in [-0.05, 0) is 24.3 Å². The average Bonchev–Trinajstić information content (AvgIpc) is 2.47. The molecule has 2 N–H and O–H groups in total. The monoisotopic (exact) mass is 277 g/mol. The van der Waals surface area contributed by atoms with Crippen LogP contribution in [-0.4, -0.2) is 23.7 Å². The third-order valence-electron chi connectivity index (χ3n) is 3.97. The Labute approximate surface area is 122 Å². The van der Waals surface area contributed by atoms with Crippen molar-refractivity contribution in [1.82, 2.24) is 5.32 Å². The van der Waals surface area contributed by atoms with Crippen LogP contribution in [0, 0.1) is 5.92 Å². The van der Waals surface area contributed by atoms with Gasteiger partial charge in [-0.1, -0.05) is 57.5 Å². The van der Waals surface area contributed by atoms with Crippen molar-refractivity contribution in [2.24, 2.45) is 5.92 Å². The van der Waals surface area contributed by atoms with Gasteiger partial charge in [-0.2, -0.15) is 0 Å². The number of nitrogens with one attached hydrogen (secondary N) is 1. The van der Waals surface area contributed by atoms with Crippen molar-refractivity contribution in [3.8, 4) is 0 Å². The molecule has 0 aliphatic carbocycles. The molecule has 0 fully saturated rings. The molecule has 1 aromatic rings. The summed E-state index contributed by atoms with van der Waals surface area (Å²) in [4.78, 5) is 12.6. The second-order valence-corrected chi connectivity index (χ2v) is 5.40. The van der Waals surface area contributed by atoms with Gasteiger partial charge < -0.3 is 10.4 Å². The van der Waals surface area contributed by atoms with Gasteiger partial charge in [0, 0.05) is 12.6 Å². The van der Waals surface area contributed by atoms with E-state index in [1.807, 2.05) is 37.3 Å². The van der Waals surface area contributed by atoms with Gasteiger partial charge >= 0.3 is 0 Å². The van der Waals surface area contributed by atoms with Gasteiger partial charge in [0.2, 0.25) is 5.91 Å². The Morgan fingerprint density at radius 1 is 1.20 bits per heavy atom. The van der Waals surface area contributed by atoms with Crippen LogP contribution in [0.2, 0.25) is 0 Å². The fourth-order valence-electron chi connectivity index (χ4n) is 2.46. The Balaban J connectivity index is 2.86. The highest BCUT2D eigenvalue weighted by atomic mass is 16.3. The number of hydrogen-bond donors (Lipinski definition) is 2. The zero-order valence-electron chi connectivity index (χ0n) is 12.8. The lowest BCUT2D eigenvalue weighted by Gasteiger charge is -2.25. The van der Waals surface area contributed by atoms with Gasteiger partial charge in [-0.15, -0.1) is 0 Å². The summed E-state index contributed by atoms with van der Waals surface area (Å²) in [5.41, 5.74) is 1.07. The van der Waals surface area contributed by atoms with Crippen LogP contribution < -0.4 is 5.32 Å². The molecule has 0 spiro atoms. The molecule has 0 saturated heterocycles. The minimum absolute atomic E-state index is 0.0581. The molecule has 0 aromatic heterocycles. The quantitative estimate of drug-likeness (QED) is 0.767. The van der Waals surface area contributed by atoms with E-state index in [9.17, 15) is 4.79 Å². The second-order valence-electron chi connectivity index (χ2n) is 5.40. The maximum atomic E-state index is 12.6. The standard InChI is InChI=1S/C17H27NO2/c1-4-13(3)16(14-9-7-6-8-10-14)17(20)18-15(5-2)11-12-19/h6-10,13,15-16,19H,4-5,11-12H2,1-3H3,(H,18,20). The molecule has 112 valence electrons. The topological polar surface area (TPSA) is 49.3 Å². The minimum Gasteiger partial charge on any atom is -0.396 e. The molecule has 20 heavy (non-hydrogen) atoms. The van der Waals surface area contributed by atoms with Crippen LogP contribution in [0.5, 0.6) is 0 Å². The summed E-state index contributed by atoms with van der Waals surface area (Å²) in [6.07, 6.45) is 2.42. The van der Waals surface area contributed by atoms with E-state index in [2.05, 4.69) is 19.2 Å². The van der Waals surface area contributed by atoms with E-state index in [-0.39, 0.29) is 24.5 Å². The number of rotatable bonds is 8. The van der Waals surface area contributed by atoms with Crippen molar-refractivity contribution in [2.75, 3.05) is 6.61 Å². The van der Waals surface area contributed by atoms with Gasteiger partial charge in [-0.25, -0.2) is 0 Å².